The van der Waals surface area contributed by atoms with Gasteiger partial charge in [0, 0.05) is 31.3 Å². The summed E-state index contributed by atoms with van der Waals surface area (Å²) in [6.07, 6.45) is 6.03. The molecule has 0 heterocycles. The average molecular weight is 454 g/mol. The van der Waals surface area contributed by atoms with Crippen LogP contribution in [0.5, 0.6) is 0 Å². The van der Waals surface area contributed by atoms with Gasteiger partial charge in [-0.1, -0.05) is 67.4 Å². The minimum atomic E-state index is -1.26. The van der Waals surface area contributed by atoms with Crippen LogP contribution in [-0.2, 0) is 16.1 Å². The van der Waals surface area contributed by atoms with E-state index in [9.17, 15) is 14.7 Å². The fourth-order valence-electron chi connectivity index (χ4n) is 4.00. The number of hydrogen-bond donors (Lipinski definition) is 3. The molecule has 178 valence electrons. The maximum atomic E-state index is 10.7. The van der Waals surface area contributed by atoms with E-state index in [4.69, 9.17) is 10.2 Å². The molecule has 0 spiro atoms. The highest BCUT2D eigenvalue weighted by Crippen LogP contribution is 2.34. The number of carboxylic acids is 2. The highest BCUT2D eigenvalue weighted by atomic mass is 16.4. The van der Waals surface area contributed by atoms with Crippen LogP contribution >= 0.6 is 0 Å². The lowest BCUT2D eigenvalue weighted by atomic mass is 9.95. The van der Waals surface area contributed by atoms with Gasteiger partial charge < -0.3 is 15.3 Å². The molecule has 0 aliphatic heterocycles. The van der Waals surface area contributed by atoms with Crippen LogP contribution in [0.1, 0.15) is 68.2 Å². The van der Waals surface area contributed by atoms with Crippen LogP contribution in [0.25, 0.3) is 0 Å². The van der Waals surface area contributed by atoms with E-state index in [1.54, 1.807) is 0 Å². The Bertz CT molecular complexity index is 870. The summed E-state index contributed by atoms with van der Waals surface area (Å²) >= 11 is 0. The van der Waals surface area contributed by atoms with E-state index in [0.29, 0.717) is 24.7 Å². The van der Waals surface area contributed by atoms with Gasteiger partial charge in [-0.25, -0.2) is 9.59 Å². The number of carbonyl (C=O) groups is 2. The number of aliphatic hydroxyl groups is 1. The van der Waals surface area contributed by atoms with Gasteiger partial charge in [0.1, 0.15) is 0 Å². The van der Waals surface area contributed by atoms with Gasteiger partial charge in [-0.15, -0.1) is 0 Å². The van der Waals surface area contributed by atoms with E-state index in [1.807, 2.05) is 6.07 Å². The van der Waals surface area contributed by atoms with Gasteiger partial charge >= 0.3 is 11.9 Å². The standard InChI is InChI=1S/C23H31NO.C4H4O4/c1-18(2)24(16-19-8-4-3-5-9-19)17-23(25)22-14-12-21(13-15-22)20-10-6-7-11-20;5-3(6)1-2-4(7)8/h3-5,8-9,12-15,18,20,23,25H,6-7,10-11,16-17H2,1-2H3;1-2H,(H,5,6)(H,7,8)/b;2-1-. The molecule has 6 heteroatoms. The predicted molar refractivity (Wildman–Crippen MR) is 129 cm³/mol. The maximum Gasteiger partial charge on any atom is 0.328 e. The molecule has 0 amide bonds. The first-order valence-electron chi connectivity index (χ1n) is 11.5. The predicted octanol–water partition coefficient (Wildman–Crippen LogP) is 5.00. The lowest BCUT2D eigenvalue weighted by Gasteiger charge is -2.29. The SMILES string of the molecule is CC(C)N(Cc1ccccc1)CC(O)c1ccc(C2CCCC2)cc1.O=C(O)/C=C\C(=O)O. The lowest BCUT2D eigenvalue weighted by molar-refractivity contribution is -0.134. The third kappa shape index (κ3) is 9.60. The minimum Gasteiger partial charge on any atom is -0.478 e. The Morgan fingerprint density at radius 1 is 0.939 bits per heavy atom. The number of aliphatic hydroxyl groups excluding tert-OH is 1. The summed E-state index contributed by atoms with van der Waals surface area (Å²) in [6.45, 7) is 5.92. The van der Waals surface area contributed by atoms with Crippen molar-refractivity contribution < 1.29 is 24.9 Å². The fraction of sp³-hybridized carbons (Fsp3) is 0.407. The van der Waals surface area contributed by atoms with E-state index >= 15 is 0 Å². The molecule has 3 N–H and O–H groups in total. The quantitative estimate of drug-likeness (QED) is 0.462. The van der Waals surface area contributed by atoms with Crippen molar-refractivity contribution in [3.63, 3.8) is 0 Å². The molecule has 0 aromatic heterocycles. The summed E-state index contributed by atoms with van der Waals surface area (Å²) in [5.41, 5.74) is 3.76. The minimum absolute atomic E-state index is 0.396. The van der Waals surface area contributed by atoms with E-state index < -0.39 is 18.0 Å². The van der Waals surface area contributed by atoms with Crippen LogP contribution in [0.4, 0.5) is 0 Å². The number of benzene rings is 2. The van der Waals surface area contributed by atoms with Crippen LogP contribution in [-0.4, -0.2) is 44.7 Å². The van der Waals surface area contributed by atoms with Gasteiger partial charge in [-0.05, 0) is 49.3 Å². The smallest absolute Gasteiger partial charge is 0.328 e. The molecular weight excluding hydrogens is 418 g/mol. The molecule has 0 bridgehead atoms. The molecule has 6 nitrogen and oxygen atoms in total. The van der Waals surface area contributed by atoms with Crippen molar-refractivity contribution in [2.24, 2.45) is 0 Å². The second-order valence-corrected chi connectivity index (χ2v) is 8.68. The van der Waals surface area contributed by atoms with Crippen molar-refractivity contribution in [1.29, 1.82) is 0 Å². The van der Waals surface area contributed by atoms with Crippen molar-refractivity contribution in [1.82, 2.24) is 4.90 Å². The summed E-state index contributed by atoms with van der Waals surface area (Å²) in [6, 6.07) is 19.6. The van der Waals surface area contributed by atoms with Crippen LogP contribution in [0, 0.1) is 0 Å². The molecule has 1 aliphatic rings. The number of aliphatic carboxylic acids is 2. The molecule has 0 saturated heterocycles. The van der Waals surface area contributed by atoms with Crippen LogP contribution in [0.3, 0.4) is 0 Å². The zero-order valence-corrected chi connectivity index (χ0v) is 19.4. The summed E-state index contributed by atoms with van der Waals surface area (Å²) in [7, 11) is 0. The summed E-state index contributed by atoms with van der Waals surface area (Å²) in [5, 5.41) is 26.4. The first-order valence-corrected chi connectivity index (χ1v) is 11.5. The number of nitrogens with zero attached hydrogens (tertiary/aromatic N) is 1. The second-order valence-electron chi connectivity index (χ2n) is 8.68. The molecule has 3 rings (SSSR count). The van der Waals surface area contributed by atoms with Crippen LogP contribution < -0.4 is 0 Å². The molecule has 0 radical (unpaired) electrons. The highest BCUT2D eigenvalue weighted by Gasteiger charge is 2.19. The molecule has 1 atom stereocenters. The molecule has 1 saturated carbocycles. The Morgan fingerprint density at radius 3 is 1.97 bits per heavy atom. The van der Waals surface area contributed by atoms with Crippen molar-refractivity contribution in [3.05, 3.63) is 83.4 Å². The molecule has 1 fully saturated rings. The van der Waals surface area contributed by atoms with Crippen molar-refractivity contribution in [3.8, 4) is 0 Å². The Labute approximate surface area is 196 Å². The molecular formula is C27H35NO5. The number of carboxylic acid groups (broad SMARTS) is 2. The Morgan fingerprint density at radius 2 is 1.48 bits per heavy atom. The third-order valence-corrected chi connectivity index (χ3v) is 5.88. The molecule has 2 aromatic rings. The van der Waals surface area contributed by atoms with Gasteiger partial charge in [0.25, 0.3) is 0 Å². The normalized spacial score (nSPS) is 14.9. The van der Waals surface area contributed by atoms with Crippen molar-refractivity contribution in [2.75, 3.05) is 6.54 Å². The maximum absolute atomic E-state index is 10.7. The molecule has 1 aliphatic carbocycles. The summed E-state index contributed by atoms with van der Waals surface area (Å²) < 4.78 is 0. The fourth-order valence-corrected chi connectivity index (χ4v) is 4.00. The van der Waals surface area contributed by atoms with Gasteiger partial charge in [0.2, 0.25) is 0 Å². The van der Waals surface area contributed by atoms with Crippen molar-refractivity contribution >= 4 is 11.9 Å². The van der Waals surface area contributed by atoms with E-state index in [2.05, 4.69) is 67.3 Å². The van der Waals surface area contributed by atoms with E-state index in [1.165, 1.54) is 36.8 Å². The van der Waals surface area contributed by atoms with Gasteiger partial charge in [0.15, 0.2) is 0 Å². The van der Waals surface area contributed by atoms with Crippen LogP contribution in [0.2, 0.25) is 0 Å². The van der Waals surface area contributed by atoms with Crippen molar-refractivity contribution in [2.45, 2.75) is 64.1 Å². The monoisotopic (exact) mass is 453 g/mol. The van der Waals surface area contributed by atoms with Gasteiger partial charge in [-0.2, -0.15) is 0 Å². The van der Waals surface area contributed by atoms with E-state index in [0.717, 1.165) is 18.0 Å². The van der Waals surface area contributed by atoms with Gasteiger partial charge in [-0.3, -0.25) is 4.90 Å². The Kier molecular flexibility index (Phi) is 10.8. The zero-order valence-electron chi connectivity index (χ0n) is 19.4. The zero-order chi connectivity index (χ0) is 24.2. The van der Waals surface area contributed by atoms with Gasteiger partial charge in [0.05, 0.1) is 6.10 Å². The van der Waals surface area contributed by atoms with E-state index in [-0.39, 0.29) is 0 Å². The molecule has 33 heavy (non-hydrogen) atoms. The molecule has 2 aromatic carbocycles. The molecule has 1 unspecified atom stereocenters. The Balaban J connectivity index is 0.000000414. The average Bonchev–Trinajstić information content (AvgIpc) is 3.33. The number of hydrogen-bond acceptors (Lipinski definition) is 4. The summed E-state index contributed by atoms with van der Waals surface area (Å²) in [5.74, 6) is -1.78. The van der Waals surface area contributed by atoms with Crippen LogP contribution in [0.15, 0.2) is 66.7 Å². The third-order valence-electron chi connectivity index (χ3n) is 5.88. The summed E-state index contributed by atoms with van der Waals surface area (Å²) in [4.78, 5) is 21.4. The largest absolute Gasteiger partial charge is 0.478 e. The first kappa shape index (κ1) is 26.3. The highest BCUT2D eigenvalue weighted by molar-refractivity contribution is 5.89. The second kappa shape index (κ2) is 13.6. The number of rotatable bonds is 9. The first-order chi connectivity index (χ1) is 15.8. The lowest BCUT2D eigenvalue weighted by Crippen LogP contribution is -2.34. The Hall–Kier alpha value is -2.96. The topological polar surface area (TPSA) is 98.1 Å².